The Morgan fingerprint density at radius 2 is 1.58 bits per heavy atom. The molecule has 5 nitrogen and oxygen atoms in total. The molecule has 0 heterocycles. The third-order valence-electron chi connectivity index (χ3n) is 3.38. The second kappa shape index (κ2) is 8.15. The Morgan fingerprint density at radius 3 is 2.25 bits per heavy atom. The summed E-state index contributed by atoms with van der Waals surface area (Å²) >= 11 is 0. The number of carbonyl (C=O) groups is 2. The molecule has 0 spiro atoms. The highest BCUT2D eigenvalue weighted by Gasteiger charge is 2.09. The second-order valence-corrected chi connectivity index (χ2v) is 5.63. The quantitative estimate of drug-likeness (QED) is 0.828. The Balaban J connectivity index is 1.74. The molecule has 5 heteroatoms. The Bertz CT molecular complexity index is 723. The molecule has 0 unspecified atom stereocenters. The molecular formula is C19H21NO4. The number of rotatable bonds is 6. The molecule has 0 saturated heterocycles. The third kappa shape index (κ3) is 5.43. The fourth-order valence-electron chi connectivity index (χ4n) is 2.12. The number of hydrogen-bond acceptors (Lipinski definition) is 4. The zero-order chi connectivity index (χ0) is 17.5. The van der Waals surface area contributed by atoms with E-state index in [4.69, 9.17) is 9.47 Å². The average molecular weight is 327 g/mol. The SMILES string of the molecule is Cc1ccc(NC(=O)COC(=O)COc2ccc(C)cc2C)cc1. The van der Waals surface area contributed by atoms with Gasteiger partial charge in [0.1, 0.15) is 5.75 Å². The van der Waals surface area contributed by atoms with Gasteiger partial charge in [-0.2, -0.15) is 0 Å². The van der Waals surface area contributed by atoms with Crippen molar-refractivity contribution in [3.63, 3.8) is 0 Å². The van der Waals surface area contributed by atoms with Crippen LogP contribution in [-0.4, -0.2) is 25.1 Å². The number of esters is 1. The first kappa shape index (κ1) is 17.5. The Kier molecular flexibility index (Phi) is 5.95. The summed E-state index contributed by atoms with van der Waals surface area (Å²) in [6.45, 7) is 5.27. The fourth-order valence-corrected chi connectivity index (χ4v) is 2.12. The van der Waals surface area contributed by atoms with Crippen molar-refractivity contribution >= 4 is 17.6 Å². The van der Waals surface area contributed by atoms with Crippen molar-refractivity contribution in [2.24, 2.45) is 0 Å². The van der Waals surface area contributed by atoms with E-state index < -0.39 is 11.9 Å². The molecule has 0 aromatic heterocycles. The smallest absolute Gasteiger partial charge is 0.344 e. The third-order valence-corrected chi connectivity index (χ3v) is 3.38. The van der Waals surface area contributed by atoms with Gasteiger partial charge in [-0.1, -0.05) is 35.4 Å². The van der Waals surface area contributed by atoms with Crippen LogP contribution in [0.1, 0.15) is 16.7 Å². The summed E-state index contributed by atoms with van der Waals surface area (Å²) in [5, 5.41) is 2.66. The van der Waals surface area contributed by atoms with Crippen LogP contribution in [0.3, 0.4) is 0 Å². The molecule has 1 amide bonds. The maximum absolute atomic E-state index is 11.7. The second-order valence-electron chi connectivity index (χ2n) is 5.63. The van der Waals surface area contributed by atoms with Crippen molar-refractivity contribution in [2.45, 2.75) is 20.8 Å². The number of nitrogens with one attached hydrogen (secondary N) is 1. The summed E-state index contributed by atoms with van der Waals surface area (Å²) in [4.78, 5) is 23.4. The van der Waals surface area contributed by atoms with E-state index in [1.54, 1.807) is 12.1 Å². The number of amides is 1. The highest BCUT2D eigenvalue weighted by Crippen LogP contribution is 2.18. The van der Waals surface area contributed by atoms with Gasteiger partial charge >= 0.3 is 5.97 Å². The minimum Gasteiger partial charge on any atom is -0.482 e. The number of benzene rings is 2. The molecule has 2 rings (SSSR count). The van der Waals surface area contributed by atoms with Crippen LogP contribution < -0.4 is 10.1 Å². The van der Waals surface area contributed by atoms with E-state index in [2.05, 4.69) is 5.32 Å². The molecular weight excluding hydrogens is 306 g/mol. The monoisotopic (exact) mass is 327 g/mol. The van der Waals surface area contributed by atoms with E-state index in [-0.39, 0.29) is 13.2 Å². The van der Waals surface area contributed by atoms with Crippen molar-refractivity contribution in [1.29, 1.82) is 0 Å². The average Bonchev–Trinajstić information content (AvgIpc) is 2.54. The summed E-state index contributed by atoms with van der Waals surface area (Å²) in [5.74, 6) is -0.352. The number of ether oxygens (including phenoxy) is 2. The maximum Gasteiger partial charge on any atom is 0.344 e. The molecule has 0 bridgehead atoms. The van der Waals surface area contributed by atoms with Crippen LogP contribution in [0.15, 0.2) is 42.5 Å². The van der Waals surface area contributed by atoms with E-state index in [1.807, 2.05) is 51.1 Å². The first-order chi connectivity index (χ1) is 11.4. The lowest BCUT2D eigenvalue weighted by atomic mass is 10.1. The molecule has 0 atom stereocenters. The van der Waals surface area contributed by atoms with Crippen LogP contribution in [-0.2, 0) is 14.3 Å². The summed E-state index contributed by atoms with van der Waals surface area (Å²) in [6, 6.07) is 13.0. The standard InChI is InChI=1S/C19H21NO4/c1-13-4-7-16(8-5-13)20-18(21)11-24-19(22)12-23-17-9-6-14(2)10-15(17)3/h4-10H,11-12H2,1-3H3,(H,20,21). The molecule has 0 aliphatic rings. The van der Waals surface area contributed by atoms with Gasteiger partial charge in [0, 0.05) is 5.69 Å². The molecule has 0 fully saturated rings. The van der Waals surface area contributed by atoms with Crippen molar-refractivity contribution in [2.75, 3.05) is 18.5 Å². The fraction of sp³-hybridized carbons (Fsp3) is 0.263. The lowest BCUT2D eigenvalue weighted by molar-refractivity contribution is -0.149. The zero-order valence-electron chi connectivity index (χ0n) is 14.1. The van der Waals surface area contributed by atoms with Crippen LogP contribution in [0.2, 0.25) is 0 Å². The topological polar surface area (TPSA) is 64.6 Å². The van der Waals surface area contributed by atoms with Gasteiger partial charge in [-0.3, -0.25) is 4.79 Å². The Morgan fingerprint density at radius 1 is 0.917 bits per heavy atom. The minimum atomic E-state index is -0.589. The molecule has 0 aliphatic carbocycles. The normalized spacial score (nSPS) is 10.1. The molecule has 0 aliphatic heterocycles. The van der Waals surface area contributed by atoms with Gasteiger partial charge in [-0.25, -0.2) is 4.79 Å². The zero-order valence-corrected chi connectivity index (χ0v) is 14.1. The van der Waals surface area contributed by atoms with Crippen LogP contribution >= 0.6 is 0 Å². The lowest BCUT2D eigenvalue weighted by Gasteiger charge is -2.10. The van der Waals surface area contributed by atoms with Gasteiger partial charge in [0.05, 0.1) is 0 Å². The van der Waals surface area contributed by atoms with Gasteiger partial charge in [0.15, 0.2) is 13.2 Å². The molecule has 0 saturated carbocycles. The van der Waals surface area contributed by atoms with Crippen molar-refractivity contribution in [3.05, 3.63) is 59.2 Å². The van der Waals surface area contributed by atoms with Gasteiger partial charge in [0.2, 0.25) is 0 Å². The maximum atomic E-state index is 11.7. The Labute approximate surface area is 141 Å². The summed E-state index contributed by atoms with van der Waals surface area (Å²) < 4.78 is 10.3. The lowest BCUT2D eigenvalue weighted by Crippen LogP contribution is -2.23. The van der Waals surface area contributed by atoms with E-state index in [0.29, 0.717) is 11.4 Å². The van der Waals surface area contributed by atoms with Crippen molar-refractivity contribution < 1.29 is 19.1 Å². The highest BCUT2D eigenvalue weighted by atomic mass is 16.6. The first-order valence-electron chi connectivity index (χ1n) is 7.66. The molecule has 24 heavy (non-hydrogen) atoms. The predicted octanol–water partition coefficient (Wildman–Crippen LogP) is 3.17. The van der Waals surface area contributed by atoms with Crippen molar-refractivity contribution in [3.8, 4) is 5.75 Å². The molecule has 1 N–H and O–H groups in total. The number of anilines is 1. The van der Waals surface area contributed by atoms with Crippen molar-refractivity contribution in [1.82, 2.24) is 0 Å². The highest BCUT2D eigenvalue weighted by molar-refractivity contribution is 5.92. The van der Waals surface area contributed by atoms with E-state index in [1.165, 1.54) is 0 Å². The van der Waals surface area contributed by atoms with Crippen LogP contribution in [0, 0.1) is 20.8 Å². The summed E-state index contributed by atoms with van der Waals surface area (Å²) in [7, 11) is 0. The molecule has 126 valence electrons. The summed E-state index contributed by atoms with van der Waals surface area (Å²) in [5.41, 5.74) is 3.83. The first-order valence-corrected chi connectivity index (χ1v) is 7.66. The number of hydrogen-bond donors (Lipinski definition) is 1. The van der Waals surface area contributed by atoms with E-state index in [9.17, 15) is 9.59 Å². The van der Waals surface area contributed by atoms with Gasteiger partial charge in [0.25, 0.3) is 5.91 Å². The van der Waals surface area contributed by atoms with Gasteiger partial charge < -0.3 is 14.8 Å². The molecule has 2 aromatic rings. The minimum absolute atomic E-state index is 0.234. The number of carbonyl (C=O) groups excluding carboxylic acids is 2. The summed E-state index contributed by atoms with van der Waals surface area (Å²) in [6.07, 6.45) is 0. The van der Waals surface area contributed by atoms with E-state index in [0.717, 1.165) is 16.7 Å². The van der Waals surface area contributed by atoms with E-state index >= 15 is 0 Å². The van der Waals surface area contributed by atoms with Crippen LogP contribution in [0.4, 0.5) is 5.69 Å². The number of aryl methyl sites for hydroxylation is 3. The van der Waals surface area contributed by atoms with Crippen LogP contribution in [0.25, 0.3) is 0 Å². The predicted molar refractivity (Wildman–Crippen MR) is 92.2 cm³/mol. The molecule has 0 radical (unpaired) electrons. The Hall–Kier alpha value is -2.82. The van der Waals surface area contributed by atoms with Crippen LogP contribution in [0.5, 0.6) is 5.75 Å². The van der Waals surface area contributed by atoms with Gasteiger partial charge in [-0.15, -0.1) is 0 Å². The van der Waals surface area contributed by atoms with Gasteiger partial charge in [-0.05, 0) is 44.5 Å². The largest absolute Gasteiger partial charge is 0.482 e. The molecule has 2 aromatic carbocycles.